The lowest BCUT2D eigenvalue weighted by atomic mass is 9.90. The minimum Gasteiger partial charge on any atom is -0.338 e. The SMILES string of the molecule is Cc1noc2nc(-c3ccc(F)cc3)cc(C(=O)N3CCC(C)(CN)C3)c12. The Bertz CT molecular complexity index is 1010. The Labute approximate surface area is 156 Å². The quantitative estimate of drug-likeness (QED) is 0.768. The molecule has 1 aromatic carbocycles. The number of carbonyl (C=O) groups is 1. The van der Waals surface area contributed by atoms with Crippen LogP contribution in [0.3, 0.4) is 0 Å². The maximum Gasteiger partial charge on any atom is 0.259 e. The van der Waals surface area contributed by atoms with Crippen LogP contribution in [0.25, 0.3) is 22.4 Å². The summed E-state index contributed by atoms with van der Waals surface area (Å²) < 4.78 is 18.6. The number of carbonyl (C=O) groups excluding carboxylic acids is 1. The van der Waals surface area contributed by atoms with E-state index in [1.54, 1.807) is 25.1 Å². The van der Waals surface area contributed by atoms with Gasteiger partial charge in [0.25, 0.3) is 11.6 Å². The summed E-state index contributed by atoms with van der Waals surface area (Å²) in [6, 6.07) is 7.72. The average molecular weight is 368 g/mol. The molecule has 3 aromatic rings. The first-order valence-electron chi connectivity index (χ1n) is 8.92. The van der Waals surface area contributed by atoms with Crippen molar-refractivity contribution in [2.45, 2.75) is 20.3 Å². The summed E-state index contributed by atoms with van der Waals surface area (Å²) in [7, 11) is 0. The standard InChI is InChI=1S/C20H21FN4O2/c1-12-17-15(19(26)25-8-7-20(2,10-22)11-25)9-16(23-18(17)27-24-12)13-3-5-14(21)6-4-13/h3-6,9H,7-8,10-11,22H2,1-2H3. The highest BCUT2D eigenvalue weighted by Crippen LogP contribution is 2.32. The van der Waals surface area contributed by atoms with Crippen molar-refractivity contribution in [2.75, 3.05) is 19.6 Å². The summed E-state index contributed by atoms with van der Waals surface area (Å²) in [4.78, 5) is 19.6. The topological polar surface area (TPSA) is 85.2 Å². The number of nitrogens with two attached hydrogens (primary N) is 1. The van der Waals surface area contributed by atoms with E-state index in [0.29, 0.717) is 53.2 Å². The van der Waals surface area contributed by atoms with Crippen LogP contribution in [-0.2, 0) is 0 Å². The van der Waals surface area contributed by atoms with Gasteiger partial charge in [-0.25, -0.2) is 9.37 Å². The van der Waals surface area contributed by atoms with E-state index in [-0.39, 0.29) is 17.1 Å². The van der Waals surface area contributed by atoms with Gasteiger partial charge in [0.1, 0.15) is 5.82 Å². The summed E-state index contributed by atoms with van der Waals surface area (Å²) in [5, 5.41) is 4.59. The minimum absolute atomic E-state index is 0.0642. The molecule has 1 atom stereocenters. The minimum atomic E-state index is -0.329. The zero-order valence-corrected chi connectivity index (χ0v) is 15.3. The smallest absolute Gasteiger partial charge is 0.259 e. The Hall–Kier alpha value is -2.80. The van der Waals surface area contributed by atoms with E-state index in [1.165, 1.54) is 12.1 Å². The molecule has 2 aromatic heterocycles. The van der Waals surface area contributed by atoms with Crippen LogP contribution in [0.2, 0.25) is 0 Å². The number of fused-ring (bicyclic) bond motifs is 1. The van der Waals surface area contributed by atoms with Crippen molar-refractivity contribution >= 4 is 17.0 Å². The first-order valence-corrected chi connectivity index (χ1v) is 8.92. The fourth-order valence-electron chi connectivity index (χ4n) is 3.57. The normalized spacial score (nSPS) is 19.8. The Morgan fingerprint density at radius 3 is 2.78 bits per heavy atom. The van der Waals surface area contributed by atoms with Gasteiger partial charge in [0, 0.05) is 18.7 Å². The number of halogens is 1. The number of hydrogen-bond acceptors (Lipinski definition) is 5. The van der Waals surface area contributed by atoms with Crippen molar-refractivity contribution in [3.05, 3.63) is 47.4 Å². The monoisotopic (exact) mass is 368 g/mol. The van der Waals surface area contributed by atoms with Gasteiger partial charge in [-0.15, -0.1) is 0 Å². The molecule has 140 valence electrons. The van der Waals surface area contributed by atoms with Gasteiger partial charge in [-0.2, -0.15) is 0 Å². The molecule has 6 nitrogen and oxygen atoms in total. The molecule has 7 heteroatoms. The first-order chi connectivity index (χ1) is 12.9. The van der Waals surface area contributed by atoms with E-state index >= 15 is 0 Å². The molecule has 0 bridgehead atoms. The summed E-state index contributed by atoms with van der Waals surface area (Å²) in [5.41, 5.74) is 8.48. The Balaban J connectivity index is 1.80. The van der Waals surface area contributed by atoms with Crippen LogP contribution >= 0.6 is 0 Å². The Morgan fingerprint density at radius 2 is 2.11 bits per heavy atom. The van der Waals surface area contributed by atoms with Crippen molar-refractivity contribution in [3.8, 4) is 11.3 Å². The molecular formula is C20H21FN4O2. The molecule has 3 heterocycles. The lowest BCUT2D eigenvalue weighted by molar-refractivity contribution is 0.0778. The Morgan fingerprint density at radius 1 is 1.37 bits per heavy atom. The molecule has 4 rings (SSSR count). The molecular weight excluding hydrogens is 347 g/mol. The number of benzene rings is 1. The van der Waals surface area contributed by atoms with Gasteiger partial charge >= 0.3 is 0 Å². The van der Waals surface area contributed by atoms with Crippen molar-refractivity contribution in [1.82, 2.24) is 15.0 Å². The number of rotatable bonds is 3. The second-order valence-electron chi connectivity index (χ2n) is 7.50. The average Bonchev–Trinajstić information content (AvgIpc) is 3.25. The van der Waals surface area contributed by atoms with Gasteiger partial charge in [0.2, 0.25) is 0 Å². The van der Waals surface area contributed by atoms with Crippen LogP contribution in [-0.4, -0.2) is 40.6 Å². The molecule has 1 saturated heterocycles. The van der Waals surface area contributed by atoms with Gasteiger partial charge in [0.15, 0.2) is 0 Å². The third-order valence-electron chi connectivity index (χ3n) is 5.33. The molecule has 0 saturated carbocycles. The highest BCUT2D eigenvalue weighted by atomic mass is 19.1. The van der Waals surface area contributed by atoms with Gasteiger partial charge in [-0.05, 0) is 55.6 Å². The zero-order valence-electron chi connectivity index (χ0n) is 15.3. The van der Waals surface area contributed by atoms with Gasteiger partial charge in [-0.1, -0.05) is 12.1 Å². The number of aryl methyl sites for hydroxylation is 1. The maximum atomic E-state index is 13.3. The van der Waals surface area contributed by atoms with Crippen molar-refractivity contribution < 1.29 is 13.7 Å². The lowest BCUT2D eigenvalue weighted by Gasteiger charge is -2.22. The van der Waals surface area contributed by atoms with Crippen molar-refractivity contribution in [3.63, 3.8) is 0 Å². The second-order valence-corrected chi connectivity index (χ2v) is 7.50. The predicted octanol–water partition coefficient (Wildman–Crippen LogP) is 3.15. The molecule has 1 fully saturated rings. The van der Waals surface area contributed by atoms with E-state index in [9.17, 15) is 9.18 Å². The van der Waals surface area contributed by atoms with E-state index in [0.717, 1.165) is 6.42 Å². The van der Waals surface area contributed by atoms with E-state index < -0.39 is 0 Å². The fraction of sp³-hybridized carbons (Fsp3) is 0.350. The molecule has 0 spiro atoms. The number of hydrogen-bond donors (Lipinski definition) is 1. The summed E-state index contributed by atoms with van der Waals surface area (Å²) in [5.74, 6) is -0.418. The molecule has 1 aliphatic heterocycles. The highest BCUT2D eigenvalue weighted by molar-refractivity contribution is 6.07. The summed E-state index contributed by atoms with van der Waals surface area (Å²) in [6.45, 7) is 5.69. The van der Waals surface area contributed by atoms with Gasteiger partial charge in [-0.3, -0.25) is 4.79 Å². The second kappa shape index (κ2) is 6.42. The predicted molar refractivity (Wildman–Crippen MR) is 99.6 cm³/mol. The number of aromatic nitrogens is 2. The molecule has 1 unspecified atom stereocenters. The molecule has 2 N–H and O–H groups in total. The Kier molecular flexibility index (Phi) is 4.19. The summed E-state index contributed by atoms with van der Waals surface area (Å²) in [6.07, 6.45) is 0.872. The van der Waals surface area contributed by atoms with Crippen LogP contribution in [0.4, 0.5) is 4.39 Å². The number of amides is 1. The number of likely N-dealkylation sites (tertiary alicyclic amines) is 1. The molecule has 1 aliphatic rings. The van der Waals surface area contributed by atoms with E-state index in [4.69, 9.17) is 10.3 Å². The van der Waals surface area contributed by atoms with Gasteiger partial charge in [0.05, 0.1) is 22.3 Å². The van der Waals surface area contributed by atoms with Gasteiger partial charge < -0.3 is 15.2 Å². The van der Waals surface area contributed by atoms with Crippen molar-refractivity contribution in [2.24, 2.45) is 11.1 Å². The highest BCUT2D eigenvalue weighted by Gasteiger charge is 2.36. The molecule has 1 amide bonds. The largest absolute Gasteiger partial charge is 0.338 e. The molecule has 0 aliphatic carbocycles. The van der Waals surface area contributed by atoms with Crippen LogP contribution in [0, 0.1) is 18.2 Å². The van der Waals surface area contributed by atoms with Crippen LogP contribution in [0.5, 0.6) is 0 Å². The van der Waals surface area contributed by atoms with E-state index in [2.05, 4.69) is 17.1 Å². The first kappa shape index (κ1) is 17.6. The maximum absolute atomic E-state index is 13.3. The number of nitrogens with zero attached hydrogens (tertiary/aromatic N) is 3. The fourth-order valence-corrected chi connectivity index (χ4v) is 3.57. The van der Waals surface area contributed by atoms with Crippen LogP contribution < -0.4 is 5.73 Å². The third kappa shape index (κ3) is 3.08. The molecule has 27 heavy (non-hydrogen) atoms. The summed E-state index contributed by atoms with van der Waals surface area (Å²) >= 11 is 0. The van der Waals surface area contributed by atoms with Crippen LogP contribution in [0.15, 0.2) is 34.9 Å². The zero-order chi connectivity index (χ0) is 19.2. The third-order valence-corrected chi connectivity index (χ3v) is 5.33. The molecule has 0 radical (unpaired) electrons. The number of pyridine rings is 1. The van der Waals surface area contributed by atoms with Crippen LogP contribution in [0.1, 0.15) is 29.4 Å². The lowest BCUT2D eigenvalue weighted by Crippen LogP contribution is -2.34. The van der Waals surface area contributed by atoms with Crippen molar-refractivity contribution in [1.29, 1.82) is 0 Å². The van der Waals surface area contributed by atoms with E-state index in [1.807, 2.05) is 4.90 Å².